The molecule has 2 amide bonds. The number of carbonyl (C=O) groups is 3. The molecule has 3 aliphatic rings. The number of likely N-dealkylation sites (tertiary alicyclic amines) is 1. The monoisotopic (exact) mass is 402 g/mol. The zero-order chi connectivity index (χ0) is 21.1. The van der Waals surface area contributed by atoms with Gasteiger partial charge in [0.25, 0.3) is 0 Å². The van der Waals surface area contributed by atoms with E-state index < -0.39 is 47.5 Å². The first-order valence-corrected chi connectivity index (χ1v) is 9.83. The highest BCUT2D eigenvalue weighted by molar-refractivity contribution is 6.09. The van der Waals surface area contributed by atoms with Gasteiger partial charge in [-0.05, 0) is 26.3 Å². The number of hydrogen-bond acceptors (Lipinski definition) is 7. The van der Waals surface area contributed by atoms with Gasteiger partial charge in [-0.1, -0.05) is 18.2 Å². The van der Waals surface area contributed by atoms with Gasteiger partial charge in [-0.2, -0.15) is 0 Å². The number of amides is 2. The van der Waals surface area contributed by atoms with Crippen molar-refractivity contribution < 1.29 is 29.0 Å². The Morgan fingerprint density at radius 3 is 2.69 bits per heavy atom. The summed E-state index contributed by atoms with van der Waals surface area (Å²) in [5.41, 5.74) is -0.356. The SMILES string of the molecule is CCN1C(=O)[C@H]2[C@@H](c3cccc4c3OC(C)(C)C4)N[C@@](CO)(C(=O)OC)[C@H]2C1=O. The second kappa shape index (κ2) is 6.53. The normalized spacial score (nSPS) is 32.2. The van der Waals surface area contributed by atoms with Crippen LogP contribution in [-0.4, -0.2) is 59.2 Å². The van der Waals surface area contributed by atoms with E-state index in [0.717, 1.165) is 10.5 Å². The Morgan fingerprint density at radius 1 is 1.34 bits per heavy atom. The van der Waals surface area contributed by atoms with E-state index >= 15 is 0 Å². The van der Waals surface area contributed by atoms with Crippen LogP contribution in [0.5, 0.6) is 5.75 Å². The third-order valence-corrected chi connectivity index (χ3v) is 6.32. The lowest BCUT2D eigenvalue weighted by Crippen LogP contribution is -2.58. The van der Waals surface area contributed by atoms with Gasteiger partial charge >= 0.3 is 5.97 Å². The zero-order valence-electron chi connectivity index (χ0n) is 17.0. The Labute approximate surface area is 169 Å². The van der Waals surface area contributed by atoms with Crippen molar-refractivity contribution in [3.63, 3.8) is 0 Å². The maximum absolute atomic E-state index is 13.1. The van der Waals surface area contributed by atoms with Crippen molar-refractivity contribution in [1.82, 2.24) is 10.2 Å². The van der Waals surface area contributed by atoms with Gasteiger partial charge in [0, 0.05) is 24.6 Å². The molecule has 0 saturated carbocycles. The van der Waals surface area contributed by atoms with E-state index in [-0.39, 0.29) is 12.5 Å². The first-order chi connectivity index (χ1) is 13.7. The van der Waals surface area contributed by atoms with Gasteiger partial charge in [-0.3, -0.25) is 19.8 Å². The summed E-state index contributed by atoms with van der Waals surface area (Å²) >= 11 is 0. The number of benzene rings is 1. The molecule has 156 valence electrons. The molecule has 0 unspecified atom stereocenters. The molecule has 0 bridgehead atoms. The minimum absolute atomic E-state index is 0.205. The van der Waals surface area contributed by atoms with Gasteiger partial charge in [0.15, 0.2) is 5.54 Å². The standard InChI is InChI=1S/C21H26N2O6/c1-5-23-17(25)13-14(18(23)26)21(10-24,19(27)28-4)22-15(13)12-8-6-7-11-9-20(2,3)29-16(11)12/h6-8,13-15,22,24H,5,9-10H2,1-4H3/t13-,14-,15-,21-/m1/s1. The number of nitrogens with zero attached hydrogens (tertiary/aromatic N) is 1. The topological polar surface area (TPSA) is 105 Å². The molecule has 8 nitrogen and oxygen atoms in total. The highest BCUT2D eigenvalue weighted by Crippen LogP contribution is 2.52. The van der Waals surface area contributed by atoms with Crippen LogP contribution in [0.1, 0.15) is 37.9 Å². The van der Waals surface area contributed by atoms with Gasteiger partial charge < -0.3 is 14.6 Å². The number of carbonyl (C=O) groups excluding carboxylic acids is 3. The third kappa shape index (κ3) is 2.62. The predicted octanol–water partition coefficient (Wildman–Crippen LogP) is 0.570. The number of imide groups is 1. The van der Waals surface area contributed by atoms with Crippen molar-refractivity contribution in [1.29, 1.82) is 0 Å². The summed E-state index contributed by atoms with van der Waals surface area (Å²) in [5.74, 6) is -2.77. The molecule has 0 aliphatic carbocycles. The molecule has 3 heterocycles. The molecule has 8 heteroatoms. The number of ether oxygens (including phenoxy) is 2. The van der Waals surface area contributed by atoms with Crippen LogP contribution in [0.25, 0.3) is 0 Å². The highest BCUT2D eigenvalue weighted by atomic mass is 16.5. The fourth-order valence-electron chi connectivity index (χ4n) is 5.11. The average molecular weight is 402 g/mol. The number of rotatable bonds is 4. The van der Waals surface area contributed by atoms with Crippen molar-refractivity contribution in [2.24, 2.45) is 11.8 Å². The summed E-state index contributed by atoms with van der Waals surface area (Å²) in [6.07, 6.45) is 0.715. The minimum Gasteiger partial charge on any atom is -0.487 e. The second-order valence-corrected chi connectivity index (χ2v) is 8.54. The van der Waals surface area contributed by atoms with Crippen LogP contribution >= 0.6 is 0 Å². The number of esters is 1. The molecule has 4 rings (SSSR count). The fraction of sp³-hybridized carbons (Fsp3) is 0.571. The third-order valence-electron chi connectivity index (χ3n) is 6.32. The van der Waals surface area contributed by atoms with E-state index in [9.17, 15) is 19.5 Å². The number of aliphatic hydroxyl groups excluding tert-OH is 1. The molecular weight excluding hydrogens is 376 g/mol. The second-order valence-electron chi connectivity index (χ2n) is 8.54. The molecule has 2 saturated heterocycles. The van der Waals surface area contributed by atoms with Crippen LogP contribution in [-0.2, 0) is 25.5 Å². The first-order valence-electron chi connectivity index (χ1n) is 9.83. The van der Waals surface area contributed by atoms with Gasteiger partial charge in [-0.15, -0.1) is 0 Å². The quantitative estimate of drug-likeness (QED) is 0.560. The van der Waals surface area contributed by atoms with Crippen LogP contribution in [0.15, 0.2) is 18.2 Å². The van der Waals surface area contributed by atoms with Crippen LogP contribution in [0.4, 0.5) is 0 Å². The van der Waals surface area contributed by atoms with Crippen molar-refractivity contribution in [2.45, 2.75) is 44.4 Å². The smallest absolute Gasteiger partial charge is 0.329 e. The molecular formula is C21H26N2O6. The maximum Gasteiger partial charge on any atom is 0.329 e. The number of methoxy groups -OCH3 is 1. The Hall–Kier alpha value is -2.45. The molecule has 2 fully saturated rings. The summed E-state index contributed by atoms with van der Waals surface area (Å²) in [7, 11) is 1.20. The molecule has 1 aromatic carbocycles. The van der Waals surface area contributed by atoms with E-state index in [0.29, 0.717) is 17.7 Å². The molecule has 0 spiro atoms. The van der Waals surface area contributed by atoms with Gasteiger partial charge in [0.05, 0.1) is 25.6 Å². The lowest BCUT2D eigenvalue weighted by Gasteiger charge is -2.30. The Morgan fingerprint density at radius 2 is 2.07 bits per heavy atom. The lowest BCUT2D eigenvalue weighted by atomic mass is 9.79. The van der Waals surface area contributed by atoms with Gasteiger partial charge in [0.2, 0.25) is 11.8 Å². The van der Waals surface area contributed by atoms with Crippen molar-refractivity contribution >= 4 is 17.8 Å². The summed E-state index contributed by atoms with van der Waals surface area (Å²) in [6, 6.07) is 5.03. The van der Waals surface area contributed by atoms with Crippen LogP contribution in [0, 0.1) is 11.8 Å². The average Bonchev–Trinajstić information content (AvgIpc) is 3.28. The van der Waals surface area contributed by atoms with Crippen molar-refractivity contribution in [3.05, 3.63) is 29.3 Å². The summed E-state index contributed by atoms with van der Waals surface area (Å²) in [4.78, 5) is 40.1. The maximum atomic E-state index is 13.1. The van der Waals surface area contributed by atoms with E-state index in [1.54, 1.807) is 6.92 Å². The van der Waals surface area contributed by atoms with E-state index in [1.807, 2.05) is 32.0 Å². The molecule has 2 N–H and O–H groups in total. The summed E-state index contributed by atoms with van der Waals surface area (Å²) in [5, 5.41) is 13.3. The Balaban J connectivity index is 1.87. The predicted molar refractivity (Wildman–Crippen MR) is 102 cm³/mol. The van der Waals surface area contributed by atoms with Gasteiger partial charge in [0.1, 0.15) is 11.4 Å². The number of para-hydroxylation sites is 1. The molecule has 0 aromatic heterocycles. The molecule has 29 heavy (non-hydrogen) atoms. The summed E-state index contributed by atoms with van der Waals surface area (Å²) < 4.78 is 11.1. The largest absolute Gasteiger partial charge is 0.487 e. The lowest BCUT2D eigenvalue weighted by molar-refractivity contribution is -0.156. The number of nitrogens with one attached hydrogen (secondary N) is 1. The molecule has 4 atom stereocenters. The highest BCUT2D eigenvalue weighted by Gasteiger charge is 2.69. The number of fused-ring (bicyclic) bond motifs is 2. The summed E-state index contributed by atoms with van der Waals surface area (Å²) in [6.45, 7) is 5.23. The van der Waals surface area contributed by atoms with E-state index in [2.05, 4.69) is 5.32 Å². The van der Waals surface area contributed by atoms with Crippen LogP contribution in [0.3, 0.4) is 0 Å². The van der Waals surface area contributed by atoms with Gasteiger partial charge in [-0.25, -0.2) is 4.79 Å². The first kappa shape index (κ1) is 19.8. The van der Waals surface area contributed by atoms with Crippen LogP contribution in [0.2, 0.25) is 0 Å². The minimum atomic E-state index is -1.68. The Bertz CT molecular complexity index is 897. The van der Waals surface area contributed by atoms with Crippen molar-refractivity contribution in [3.8, 4) is 5.75 Å². The molecule has 1 aromatic rings. The van der Waals surface area contributed by atoms with Crippen molar-refractivity contribution in [2.75, 3.05) is 20.3 Å². The van der Waals surface area contributed by atoms with E-state index in [4.69, 9.17) is 9.47 Å². The van der Waals surface area contributed by atoms with E-state index in [1.165, 1.54) is 7.11 Å². The number of hydrogen-bond donors (Lipinski definition) is 2. The molecule has 3 aliphatic heterocycles. The van der Waals surface area contributed by atoms with Crippen LogP contribution < -0.4 is 10.1 Å². The zero-order valence-corrected chi connectivity index (χ0v) is 17.0. The molecule has 0 radical (unpaired) electrons. The number of aliphatic hydroxyl groups is 1. The Kier molecular flexibility index (Phi) is 4.47. The fourth-order valence-corrected chi connectivity index (χ4v) is 5.11.